The SMILES string of the molecule is C[C@@H]1C[C@H](C)CN(c2nc3c(c(=O)[nH]2)[C@@H](C(=O)Nc2ccccc2[N+](=O)[O-])CC(=O)N3)C1. The molecule has 0 saturated carbocycles. The van der Waals surface area contributed by atoms with Gasteiger partial charge >= 0.3 is 0 Å². The number of nitro groups is 1. The molecule has 0 radical (unpaired) electrons. The van der Waals surface area contributed by atoms with Gasteiger partial charge in [-0.2, -0.15) is 4.98 Å². The molecule has 1 saturated heterocycles. The van der Waals surface area contributed by atoms with Crippen LogP contribution in [0.25, 0.3) is 0 Å². The molecule has 0 unspecified atom stereocenters. The lowest BCUT2D eigenvalue weighted by atomic mass is 9.91. The summed E-state index contributed by atoms with van der Waals surface area (Å²) in [5, 5.41) is 16.3. The molecular weight excluding hydrogens is 416 g/mol. The van der Waals surface area contributed by atoms with Crippen molar-refractivity contribution in [2.24, 2.45) is 11.8 Å². The topological polar surface area (TPSA) is 150 Å². The van der Waals surface area contributed by atoms with Gasteiger partial charge in [-0.15, -0.1) is 0 Å². The van der Waals surface area contributed by atoms with E-state index in [0.717, 1.165) is 19.5 Å². The van der Waals surface area contributed by atoms with E-state index in [1.54, 1.807) is 6.07 Å². The maximum Gasteiger partial charge on any atom is 0.292 e. The number of para-hydroxylation sites is 2. The third-order valence-corrected chi connectivity index (χ3v) is 5.78. The van der Waals surface area contributed by atoms with Crippen LogP contribution < -0.4 is 21.1 Å². The van der Waals surface area contributed by atoms with Crippen LogP contribution in [0.5, 0.6) is 0 Å². The van der Waals surface area contributed by atoms with Crippen LogP contribution in [0.15, 0.2) is 29.1 Å². The van der Waals surface area contributed by atoms with Crippen LogP contribution in [0.2, 0.25) is 0 Å². The lowest BCUT2D eigenvalue weighted by Crippen LogP contribution is -2.42. The Labute approximate surface area is 183 Å². The molecule has 3 N–H and O–H groups in total. The minimum Gasteiger partial charge on any atom is -0.342 e. The fraction of sp³-hybridized carbons (Fsp3) is 0.429. The molecule has 32 heavy (non-hydrogen) atoms. The van der Waals surface area contributed by atoms with Crippen molar-refractivity contribution in [3.63, 3.8) is 0 Å². The number of anilines is 3. The third kappa shape index (κ3) is 4.18. The van der Waals surface area contributed by atoms with Gasteiger partial charge in [-0.3, -0.25) is 29.5 Å². The molecule has 3 atom stereocenters. The zero-order valence-electron chi connectivity index (χ0n) is 17.8. The van der Waals surface area contributed by atoms with Crippen LogP contribution in [-0.2, 0) is 9.59 Å². The van der Waals surface area contributed by atoms with Gasteiger partial charge in [0.1, 0.15) is 11.5 Å². The van der Waals surface area contributed by atoms with E-state index in [9.17, 15) is 24.5 Å². The molecule has 2 aliphatic heterocycles. The van der Waals surface area contributed by atoms with Crippen molar-refractivity contribution in [1.82, 2.24) is 9.97 Å². The normalized spacial score (nSPS) is 22.6. The molecule has 0 aliphatic carbocycles. The Morgan fingerprint density at radius 3 is 2.59 bits per heavy atom. The summed E-state index contributed by atoms with van der Waals surface area (Å²) in [5.74, 6) is -1.01. The number of carbonyl (C=O) groups excluding carboxylic acids is 2. The molecular formula is C21H24N6O5. The highest BCUT2D eigenvalue weighted by molar-refractivity contribution is 6.05. The maximum absolute atomic E-state index is 13.0. The number of piperidine rings is 1. The Morgan fingerprint density at radius 2 is 1.91 bits per heavy atom. The minimum absolute atomic E-state index is 0.00710. The van der Waals surface area contributed by atoms with E-state index in [2.05, 4.69) is 34.4 Å². The Kier molecular flexibility index (Phi) is 5.64. The van der Waals surface area contributed by atoms with E-state index in [1.165, 1.54) is 18.2 Å². The van der Waals surface area contributed by atoms with E-state index in [-0.39, 0.29) is 29.2 Å². The molecule has 2 aromatic rings. The van der Waals surface area contributed by atoms with Crippen LogP contribution in [-0.4, -0.2) is 39.8 Å². The molecule has 11 nitrogen and oxygen atoms in total. The van der Waals surface area contributed by atoms with Gasteiger partial charge < -0.3 is 15.5 Å². The van der Waals surface area contributed by atoms with Crippen LogP contribution in [0.4, 0.5) is 23.1 Å². The van der Waals surface area contributed by atoms with Crippen LogP contribution in [0.3, 0.4) is 0 Å². The Balaban J connectivity index is 1.66. The fourth-order valence-electron chi connectivity index (χ4n) is 4.53. The van der Waals surface area contributed by atoms with Gasteiger partial charge in [-0.1, -0.05) is 26.0 Å². The average Bonchev–Trinajstić information content (AvgIpc) is 2.72. The summed E-state index contributed by atoms with van der Waals surface area (Å²) in [4.78, 5) is 58.1. The van der Waals surface area contributed by atoms with Crippen molar-refractivity contribution >= 4 is 35.0 Å². The number of nitro benzene ring substituents is 1. The number of nitrogens with one attached hydrogen (secondary N) is 3. The molecule has 0 bridgehead atoms. The van der Waals surface area contributed by atoms with Gasteiger partial charge in [0.15, 0.2) is 0 Å². The summed E-state index contributed by atoms with van der Waals surface area (Å²) >= 11 is 0. The average molecular weight is 440 g/mol. The minimum atomic E-state index is -1.12. The van der Waals surface area contributed by atoms with E-state index in [1.807, 2.05) is 4.90 Å². The van der Waals surface area contributed by atoms with Gasteiger partial charge in [0.2, 0.25) is 17.8 Å². The van der Waals surface area contributed by atoms with Crippen molar-refractivity contribution in [1.29, 1.82) is 0 Å². The molecule has 2 aliphatic rings. The van der Waals surface area contributed by atoms with Gasteiger partial charge in [-0.05, 0) is 24.3 Å². The molecule has 1 aromatic carbocycles. The number of H-pyrrole nitrogens is 1. The molecule has 168 valence electrons. The summed E-state index contributed by atoms with van der Waals surface area (Å²) in [6.07, 6.45) is 0.817. The number of carbonyl (C=O) groups is 2. The highest BCUT2D eigenvalue weighted by Gasteiger charge is 2.36. The fourth-order valence-corrected chi connectivity index (χ4v) is 4.53. The van der Waals surface area contributed by atoms with Gasteiger partial charge in [-0.25, -0.2) is 0 Å². The summed E-state index contributed by atoms with van der Waals surface area (Å²) < 4.78 is 0. The van der Waals surface area contributed by atoms with Crippen molar-refractivity contribution < 1.29 is 14.5 Å². The van der Waals surface area contributed by atoms with Gasteiger partial charge in [0, 0.05) is 25.6 Å². The molecule has 1 aromatic heterocycles. The lowest BCUT2D eigenvalue weighted by Gasteiger charge is -2.35. The van der Waals surface area contributed by atoms with Crippen molar-refractivity contribution in [3.8, 4) is 0 Å². The van der Waals surface area contributed by atoms with Crippen molar-refractivity contribution in [2.75, 3.05) is 28.6 Å². The van der Waals surface area contributed by atoms with Crippen LogP contribution in [0, 0.1) is 22.0 Å². The molecule has 4 rings (SSSR count). The standard InChI is InChI=1S/C21H24N6O5/c1-11-7-12(2)10-26(9-11)21-24-18-17(20(30)25-21)13(8-16(28)23-18)19(29)22-14-5-3-4-6-15(14)27(31)32/h3-6,11-13H,7-10H2,1-2H3,(H,22,29)(H2,23,24,25,28,30)/t11-,12+,13-/m0/s1. The second kappa shape index (κ2) is 8.40. The largest absolute Gasteiger partial charge is 0.342 e. The number of hydrogen-bond donors (Lipinski definition) is 3. The second-order valence-corrected chi connectivity index (χ2v) is 8.57. The number of hydrogen-bond acceptors (Lipinski definition) is 7. The Hall–Kier alpha value is -3.76. The lowest BCUT2D eigenvalue weighted by molar-refractivity contribution is -0.383. The van der Waals surface area contributed by atoms with Crippen LogP contribution in [0.1, 0.15) is 38.2 Å². The number of rotatable bonds is 4. The molecule has 11 heteroatoms. The number of aromatic amines is 1. The number of benzene rings is 1. The molecule has 3 heterocycles. The first-order chi connectivity index (χ1) is 15.2. The number of aromatic nitrogens is 2. The quantitative estimate of drug-likeness (QED) is 0.487. The van der Waals surface area contributed by atoms with E-state index in [4.69, 9.17) is 0 Å². The zero-order valence-corrected chi connectivity index (χ0v) is 17.8. The van der Waals surface area contributed by atoms with E-state index in [0.29, 0.717) is 17.8 Å². The summed E-state index contributed by atoms with van der Waals surface area (Å²) in [6, 6.07) is 5.68. The van der Waals surface area contributed by atoms with Crippen molar-refractivity contribution in [3.05, 3.63) is 50.3 Å². The smallest absolute Gasteiger partial charge is 0.292 e. The molecule has 1 fully saturated rings. The molecule has 2 amide bonds. The Morgan fingerprint density at radius 1 is 1.22 bits per heavy atom. The van der Waals surface area contributed by atoms with Crippen LogP contribution >= 0.6 is 0 Å². The zero-order chi connectivity index (χ0) is 23.0. The first-order valence-electron chi connectivity index (χ1n) is 10.5. The van der Waals surface area contributed by atoms with Crippen molar-refractivity contribution in [2.45, 2.75) is 32.6 Å². The highest BCUT2D eigenvalue weighted by Crippen LogP contribution is 2.32. The van der Waals surface area contributed by atoms with Gasteiger partial charge in [0.05, 0.1) is 16.4 Å². The second-order valence-electron chi connectivity index (χ2n) is 8.57. The summed E-state index contributed by atoms with van der Waals surface area (Å²) in [6.45, 7) is 5.71. The highest BCUT2D eigenvalue weighted by atomic mass is 16.6. The Bertz CT molecular complexity index is 1140. The van der Waals surface area contributed by atoms with Gasteiger partial charge in [0.25, 0.3) is 11.2 Å². The third-order valence-electron chi connectivity index (χ3n) is 5.78. The number of nitrogens with zero attached hydrogens (tertiary/aromatic N) is 3. The summed E-state index contributed by atoms with van der Waals surface area (Å²) in [5.41, 5.74) is -0.759. The number of amides is 2. The first-order valence-corrected chi connectivity index (χ1v) is 10.5. The van der Waals surface area contributed by atoms with E-state index < -0.39 is 28.2 Å². The molecule has 0 spiro atoms. The monoisotopic (exact) mass is 440 g/mol. The predicted molar refractivity (Wildman–Crippen MR) is 118 cm³/mol. The predicted octanol–water partition coefficient (Wildman–Crippen LogP) is 2.22. The first kappa shape index (κ1) is 21.5. The maximum atomic E-state index is 13.0. The number of fused-ring (bicyclic) bond motifs is 1. The van der Waals surface area contributed by atoms with E-state index >= 15 is 0 Å². The summed E-state index contributed by atoms with van der Waals surface area (Å²) in [7, 11) is 0.